The fourth-order valence-electron chi connectivity index (χ4n) is 1.71. The SMILES string of the molecule is CNC(=O)CSc1nc(-c2ccccc2)c(NC(=O)CCCl)s1. The van der Waals surface area contributed by atoms with E-state index in [1.165, 1.54) is 23.1 Å². The summed E-state index contributed by atoms with van der Waals surface area (Å²) in [6.07, 6.45) is 0.244. The van der Waals surface area contributed by atoms with E-state index in [0.717, 1.165) is 9.90 Å². The van der Waals surface area contributed by atoms with E-state index in [9.17, 15) is 9.59 Å². The first-order valence-electron chi connectivity index (χ1n) is 6.89. The summed E-state index contributed by atoms with van der Waals surface area (Å²) in [6, 6.07) is 9.61. The third kappa shape index (κ3) is 5.23. The number of hydrogen-bond donors (Lipinski definition) is 2. The minimum absolute atomic E-state index is 0.0702. The molecule has 0 saturated heterocycles. The van der Waals surface area contributed by atoms with Crippen LogP contribution < -0.4 is 10.6 Å². The van der Waals surface area contributed by atoms with Crippen molar-refractivity contribution in [1.82, 2.24) is 10.3 Å². The van der Waals surface area contributed by atoms with Crippen LogP contribution in [0, 0.1) is 0 Å². The van der Waals surface area contributed by atoms with Crippen molar-refractivity contribution in [3.05, 3.63) is 30.3 Å². The summed E-state index contributed by atoms with van der Waals surface area (Å²) in [5, 5.41) is 6.09. The molecule has 2 aromatic rings. The predicted molar refractivity (Wildman–Crippen MR) is 96.3 cm³/mol. The highest BCUT2D eigenvalue weighted by molar-refractivity contribution is 8.01. The summed E-state index contributed by atoms with van der Waals surface area (Å²) in [6.45, 7) is 0. The Labute approximate surface area is 147 Å². The van der Waals surface area contributed by atoms with Gasteiger partial charge in [-0.05, 0) is 0 Å². The van der Waals surface area contributed by atoms with Gasteiger partial charge >= 0.3 is 0 Å². The Hall–Kier alpha value is -1.57. The number of anilines is 1. The van der Waals surface area contributed by atoms with Gasteiger partial charge in [-0.3, -0.25) is 9.59 Å². The molecule has 0 aliphatic rings. The lowest BCUT2D eigenvalue weighted by atomic mass is 10.2. The van der Waals surface area contributed by atoms with Crippen LogP contribution in [-0.4, -0.2) is 35.5 Å². The van der Waals surface area contributed by atoms with Crippen LogP contribution >= 0.6 is 34.7 Å². The first-order valence-corrected chi connectivity index (χ1v) is 9.23. The zero-order valence-electron chi connectivity index (χ0n) is 12.5. The maximum Gasteiger partial charge on any atom is 0.230 e. The molecule has 0 aliphatic heterocycles. The quantitative estimate of drug-likeness (QED) is 0.580. The van der Waals surface area contributed by atoms with Gasteiger partial charge in [0.15, 0.2) is 4.34 Å². The lowest BCUT2D eigenvalue weighted by molar-refractivity contribution is -0.118. The molecular weight excluding hydrogens is 354 g/mol. The van der Waals surface area contributed by atoms with Crippen LogP contribution in [0.2, 0.25) is 0 Å². The maximum absolute atomic E-state index is 11.8. The number of benzene rings is 1. The van der Waals surface area contributed by atoms with Gasteiger partial charge in [0.25, 0.3) is 0 Å². The molecule has 0 spiro atoms. The summed E-state index contributed by atoms with van der Waals surface area (Å²) in [7, 11) is 1.60. The molecule has 8 heteroatoms. The Morgan fingerprint density at radius 3 is 2.65 bits per heavy atom. The van der Waals surface area contributed by atoms with Crippen LogP contribution in [0.1, 0.15) is 6.42 Å². The molecular formula is C15H16ClN3O2S2. The van der Waals surface area contributed by atoms with E-state index in [4.69, 9.17) is 11.6 Å². The van der Waals surface area contributed by atoms with Gasteiger partial charge in [-0.2, -0.15) is 0 Å². The summed E-state index contributed by atoms with van der Waals surface area (Å²) < 4.78 is 0.730. The molecule has 1 heterocycles. The number of nitrogens with one attached hydrogen (secondary N) is 2. The number of hydrogen-bond acceptors (Lipinski definition) is 5. The van der Waals surface area contributed by atoms with Crippen LogP contribution in [0.15, 0.2) is 34.7 Å². The van der Waals surface area contributed by atoms with E-state index in [2.05, 4.69) is 15.6 Å². The number of thioether (sulfide) groups is 1. The molecule has 2 rings (SSSR count). The molecule has 0 saturated carbocycles. The van der Waals surface area contributed by atoms with Gasteiger partial charge in [0.2, 0.25) is 11.8 Å². The zero-order chi connectivity index (χ0) is 16.7. The Balaban J connectivity index is 2.24. The van der Waals surface area contributed by atoms with Crippen molar-refractivity contribution < 1.29 is 9.59 Å². The Morgan fingerprint density at radius 1 is 1.26 bits per heavy atom. The average molecular weight is 370 g/mol. The lowest BCUT2D eigenvalue weighted by Gasteiger charge is -2.03. The number of carbonyl (C=O) groups excluding carboxylic acids is 2. The molecule has 0 atom stereocenters. The van der Waals surface area contributed by atoms with E-state index >= 15 is 0 Å². The number of rotatable bonds is 7. The van der Waals surface area contributed by atoms with E-state index in [1.807, 2.05) is 30.3 Å². The van der Waals surface area contributed by atoms with Crippen LogP contribution in [0.25, 0.3) is 11.3 Å². The second-order valence-electron chi connectivity index (χ2n) is 4.47. The van der Waals surface area contributed by atoms with Crippen LogP contribution in [-0.2, 0) is 9.59 Å². The standard InChI is InChI=1S/C15H16ClN3O2S2/c1-17-12(21)9-22-15-19-13(10-5-3-2-4-6-10)14(23-15)18-11(20)7-8-16/h2-6H,7-9H2,1H3,(H,17,21)(H,18,20). The molecule has 23 heavy (non-hydrogen) atoms. The molecule has 122 valence electrons. The molecule has 2 amide bonds. The number of halogens is 1. The highest BCUT2D eigenvalue weighted by atomic mass is 35.5. The van der Waals surface area contributed by atoms with Gasteiger partial charge in [0, 0.05) is 24.9 Å². The predicted octanol–water partition coefficient (Wildman–Crippen LogP) is 3.22. The van der Waals surface area contributed by atoms with Gasteiger partial charge in [-0.1, -0.05) is 53.4 Å². The van der Waals surface area contributed by atoms with E-state index in [-0.39, 0.29) is 29.9 Å². The van der Waals surface area contributed by atoms with Gasteiger partial charge in [0.1, 0.15) is 10.7 Å². The van der Waals surface area contributed by atoms with Crippen molar-refractivity contribution >= 4 is 51.5 Å². The van der Waals surface area contributed by atoms with Crippen LogP contribution in [0.5, 0.6) is 0 Å². The minimum Gasteiger partial charge on any atom is -0.358 e. The average Bonchev–Trinajstić information content (AvgIpc) is 2.96. The first kappa shape index (κ1) is 17.8. The smallest absolute Gasteiger partial charge is 0.230 e. The van der Waals surface area contributed by atoms with Crippen molar-refractivity contribution in [2.45, 2.75) is 10.8 Å². The Bertz CT molecular complexity index is 677. The lowest BCUT2D eigenvalue weighted by Crippen LogP contribution is -2.19. The highest BCUT2D eigenvalue weighted by Gasteiger charge is 2.16. The number of carbonyl (C=O) groups is 2. The van der Waals surface area contributed by atoms with Crippen molar-refractivity contribution in [3.8, 4) is 11.3 Å². The molecule has 0 bridgehead atoms. The van der Waals surface area contributed by atoms with E-state index < -0.39 is 0 Å². The van der Waals surface area contributed by atoms with Gasteiger partial charge in [-0.15, -0.1) is 11.6 Å². The molecule has 0 fully saturated rings. The fraction of sp³-hybridized carbons (Fsp3) is 0.267. The summed E-state index contributed by atoms with van der Waals surface area (Å²) in [5.74, 6) is 0.333. The summed E-state index contributed by atoms with van der Waals surface area (Å²) in [5.41, 5.74) is 1.62. The third-order valence-corrected chi connectivity index (χ3v) is 5.14. The minimum atomic E-state index is -0.149. The fourth-order valence-corrected chi connectivity index (χ4v) is 3.84. The Kier molecular flexibility index (Phi) is 6.88. The monoisotopic (exact) mass is 369 g/mol. The largest absolute Gasteiger partial charge is 0.358 e. The van der Waals surface area contributed by atoms with Crippen molar-refractivity contribution in [1.29, 1.82) is 0 Å². The van der Waals surface area contributed by atoms with E-state index in [1.54, 1.807) is 7.05 Å². The number of aromatic nitrogens is 1. The van der Waals surface area contributed by atoms with Gasteiger partial charge < -0.3 is 10.6 Å². The number of nitrogens with zero attached hydrogens (tertiary/aromatic N) is 1. The molecule has 0 radical (unpaired) electrons. The molecule has 2 N–H and O–H groups in total. The molecule has 1 aromatic heterocycles. The van der Waals surface area contributed by atoms with Gasteiger partial charge in [-0.25, -0.2) is 4.98 Å². The molecule has 1 aromatic carbocycles. The first-order chi connectivity index (χ1) is 11.1. The number of thiazole rings is 1. The number of amides is 2. The van der Waals surface area contributed by atoms with Gasteiger partial charge in [0.05, 0.1) is 5.75 Å². The third-order valence-electron chi connectivity index (χ3n) is 2.83. The Morgan fingerprint density at radius 2 is 2.00 bits per heavy atom. The van der Waals surface area contributed by atoms with E-state index in [0.29, 0.717) is 10.7 Å². The van der Waals surface area contributed by atoms with Crippen LogP contribution in [0.4, 0.5) is 5.00 Å². The number of alkyl halides is 1. The van der Waals surface area contributed by atoms with Crippen LogP contribution in [0.3, 0.4) is 0 Å². The summed E-state index contributed by atoms with van der Waals surface area (Å²) >= 11 is 8.30. The second kappa shape index (κ2) is 8.90. The zero-order valence-corrected chi connectivity index (χ0v) is 14.9. The summed E-state index contributed by atoms with van der Waals surface area (Å²) in [4.78, 5) is 27.8. The molecule has 0 unspecified atom stereocenters. The van der Waals surface area contributed by atoms with Crippen molar-refractivity contribution in [3.63, 3.8) is 0 Å². The van der Waals surface area contributed by atoms with Crippen molar-refractivity contribution in [2.75, 3.05) is 24.0 Å². The maximum atomic E-state index is 11.8. The molecule has 0 aliphatic carbocycles. The molecule has 5 nitrogen and oxygen atoms in total. The normalized spacial score (nSPS) is 10.3. The highest BCUT2D eigenvalue weighted by Crippen LogP contribution is 2.37. The topological polar surface area (TPSA) is 71.1 Å². The van der Waals surface area contributed by atoms with Crippen molar-refractivity contribution in [2.24, 2.45) is 0 Å². The second-order valence-corrected chi connectivity index (χ2v) is 7.07.